The molecule has 5 heteroatoms. The fourth-order valence-corrected chi connectivity index (χ4v) is 3.29. The summed E-state index contributed by atoms with van der Waals surface area (Å²) in [6.45, 7) is 4.39. The molecule has 0 atom stereocenters. The van der Waals surface area contributed by atoms with Crippen LogP contribution in [0.1, 0.15) is 47.0 Å². The van der Waals surface area contributed by atoms with E-state index in [9.17, 15) is 4.79 Å². The first kappa shape index (κ1) is 15.4. The zero-order valence-corrected chi connectivity index (χ0v) is 13.9. The normalized spacial score (nSPS) is 19.2. The number of carbonyl (C=O) groups excluding carboxylic acids is 1. The third-order valence-electron chi connectivity index (χ3n) is 4.85. The van der Waals surface area contributed by atoms with Crippen LogP contribution in [0.5, 0.6) is 0 Å². The summed E-state index contributed by atoms with van der Waals surface area (Å²) >= 11 is 0. The quantitative estimate of drug-likeness (QED) is 0.867. The van der Waals surface area contributed by atoms with Gasteiger partial charge >= 0.3 is 0 Å². The van der Waals surface area contributed by atoms with Crippen molar-refractivity contribution in [2.24, 2.45) is 0 Å². The van der Waals surface area contributed by atoms with E-state index in [1.54, 1.807) is 0 Å². The molecular weight excluding hydrogens is 302 g/mol. The van der Waals surface area contributed by atoms with Crippen LogP contribution in [0.15, 0.2) is 40.9 Å². The van der Waals surface area contributed by atoms with Crippen LogP contribution in [-0.2, 0) is 6.54 Å². The molecule has 1 aromatic heterocycles. The third kappa shape index (κ3) is 3.51. The summed E-state index contributed by atoms with van der Waals surface area (Å²) in [5.41, 5.74) is 1.79. The number of carbonyl (C=O) groups is 1. The topological polar surface area (TPSA) is 49.6 Å². The molecule has 126 valence electrons. The molecule has 0 unspecified atom stereocenters. The standard InChI is InChI=1S/C19H23N3O2/c23-19(17-13-18(24-20-17)16-7-8-16)22-10-4-9-21(11-12-22)14-15-5-2-1-3-6-15/h1-3,5-6,13,16H,4,7-12,14H2. The van der Waals surface area contributed by atoms with Crippen LogP contribution in [-0.4, -0.2) is 47.0 Å². The summed E-state index contributed by atoms with van der Waals surface area (Å²) in [5.74, 6) is 1.37. The molecule has 0 N–H and O–H groups in total. The van der Waals surface area contributed by atoms with Gasteiger partial charge in [-0.15, -0.1) is 0 Å². The van der Waals surface area contributed by atoms with E-state index in [2.05, 4.69) is 34.3 Å². The highest BCUT2D eigenvalue weighted by Crippen LogP contribution is 2.40. The summed E-state index contributed by atoms with van der Waals surface area (Å²) in [4.78, 5) is 17.0. The lowest BCUT2D eigenvalue weighted by atomic mass is 10.2. The summed E-state index contributed by atoms with van der Waals surface area (Å²) in [7, 11) is 0. The maximum Gasteiger partial charge on any atom is 0.276 e. The molecule has 0 spiro atoms. The predicted molar refractivity (Wildman–Crippen MR) is 90.7 cm³/mol. The summed E-state index contributed by atoms with van der Waals surface area (Å²) in [5, 5.41) is 3.99. The van der Waals surface area contributed by atoms with Gasteiger partial charge in [-0.3, -0.25) is 9.69 Å². The van der Waals surface area contributed by atoms with E-state index in [1.807, 2.05) is 17.0 Å². The Labute approximate surface area is 142 Å². The second-order valence-electron chi connectivity index (χ2n) is 6.80. The van der Waals surface area contributed by atoms with E-state index in [4.69, 9.17) is 4.52 Å². The van der Waals surface area contributed by atoms with Gasteiger partial charge in [-0.05, 0) is 24.8 Å². The third-order valence-corrected chi connectivity index (χ3v) is 4.85. The van der Waals surface area contributed by atoms with Crippen molar-refractivity contribution in [3.05, 3.63) is 53.4 Å². The van der Waals surface area contributed by atoms with Crippen molar-refractivity contribution in [2.45, 2.75) is 31.7 Å². The maximum absolute atomic E-state index is 12.7. The van der Waals surface area contributed by atoms with Gasteiger partial charge in [0.2, 0.25) is 0 Å². The van der Waals surface area contributed by atoms with E-state index in [1.165, 1.54) is 5.56 Å². The van der Waals surface area contributed by atoms with E-state index >= 15 is 0 Å². The molecule has 1 aromatic carbocycles. The van der Waals surface area contributed by atoms with Crippen molar-refractivity contribution in [2.75, 3.05) is 26.2 Å². The Morgan fingerprint density at radius 3 is 2.75 bits per heavy atom. The fraction of sp³-hybridized carbons (Fsp3) is 0.474. The molecule has 2 heterocycles. The molecule has 2 aromatic rings. The molecule has 0 radical (unpaired) electrons. The van der Waals surface area contributed by atoms with Gasteiger partial charge < -0.3 is 9.42 Å². The SMILES string of the molecule is O=C(c1cc(C2CC2)on1)N1CCCN(Cc2ccccc2)CC1. The molecule has 0 bridgehead atoms. The van der Waals surface area contributed by atoms with Gasteiger partial charge in [-0.1, -0.05) is 35.5 Å². The Kier molecular flexibility index (Phi) is 4.34. The van der Waals surface area contributed by atoms with Gasteiger partial charge in [0.1, 0.15) is 5.76 Å². The maximum atomic E-state index is 12.7. The van der Waals surface area contributed by atoms with Crippen LogP contribution in [0, 0.1) is 0 Å². The van der Waals surface area contributed by atoms with E-state index in [0.717, 1.165) is 57.7 Å². The lowest BCUT2D eigenvalue weighted by Gasteiger charge is -2.21. The number of nitrogens with zero attached hydrogens (tertiary/aromatic N) is 3. The van der Waals surface area contributed by atoms with Crippen molar-refractivity contribution in [1.29, 1.82) is 0 Å². The Morgan fingerprint density at radius 2 is 1.96 bits per heavy atom. The van der Waals surface area contributed by atoms with Gasteiger partial charge in [0.15, 0.2) is 5.69 Å². The minimum absolute atomic E-state index is 0.00668. The summed E-state index contributed by atoms with van der Waals surface area (Å²) in [6.07, 6.45) is 3.30. The zero-order chi connectivity index (χ0) is 16.4. The van der Waals surface area contributed by atoms with E-state index < -0.39 is 0 Å². The number of hydrogen-bond acceptors (Lipinski definition) is 4. The summed E-state index contributed by atoms with van der Waals surface area (Å²) in [6, 6.07) is 12.3. The number of rotatable bonds is 4. The van der Waals surface area contributed by atoms with Crippen molar-refractivity contribution in [3.8, 4) is 0 Å². The smallest absolute Gasteiger partial charge is 0.276 e. The first-order valence-corrected chi connectivity index (χ1v) is 8.82. The highest BCUT2D eigenvalue weighted by Gasteiger charge is 2.30. The largest absolute Gasteiger partial charge is 0.360 e. The van der Waals surface area contributed by atoms with E-state index in [0.29, 0.717) is 11.6 Å². The average Bonchev–Trinajstić information content (AvgIpc) is 3.39. The van der Waals surface area contributed by atoms with Crippen molar-refractivity contribution < 1.29 is 9.32 Å². The first-order valence-electron chi connectivity index (χ1n) is 8.82. The number of benzene rings is 1. The van der Waals surface area contributed by atoms with Crippen LogP contribution in [0.25, 0.3) is 0 Å². The van der Waals surface area contributed by atoms with Gasteiger partial charge in [-0.2, -0.15) is 0 Å². The predicted octanol–water partition coefficient (Wildman–Crippen LogP) is 2.90. The summed E-state index contributed by atoms with van der Waals surface area (Å²) < 4.78 is 5.32. The first-order chi connectivity index (χ1) is 11.8. The molecule has 1 amide bonds. The molecule has 1 aliphatic carbocycles. The molecule has 2 fully saturated rings. The number of hydrogen-bond donors (Lipinski definition) is 0. The average molecular weight is 325 g/mol. The van der Waals surface area contributed by atoms with Crippen LogP contribution in [0.3, 0.4) is 0 Å². The molecule has 1 aliphatic heterocycles. The Bertz CT molecular complexity index is 694. The van der Waals surface area contributed by atoms with Crippen LogP contribution < -0.4 is 0 Å². The van der Waals surface area contributed by atoms with Gasteiger partial charge in [0.05, 0.1) is 0 Å². The second kappa shape index (κ2) is 6.77. The molecule has 5 nitrogen and oxygen atoms in total. The minimum Gasteiger partial charge on any atom is -0.360 e. The Hall–Kier alpha value is -2.14. The van der Waals surface area contributed by atoms with Crippen molar-refractivity contribution >= 4 is 5.91 Å². The lowest BCUT2D eigenvalue weighted by Crippen LogP contribution is -2.35. The monoisotopic (exact) mass is 325 g/mol. The molecule has 1 saturated carbocycles. The number of aromatic nitrogens is 1. The molecule has 2 aliphatic rings. The van der Waals surface area contributed by atoms with Crippen molar-refractivity contribution in [1.82, 2.24) is 15.0 Å². The highest BCUT2D eigenvalue weighted by molar-refractivity contribution is 5.92. The zero-order valence-electron chi connectivity index (χ0n) is 13.9. The van der Waals surface area contributed by atoms with Crippen molar-refractivity contribution in [3.63, 3.8) is 0 Å². The Morgan fingerprint density at radius 1 is 1.12 bits per heavy atom. The minimum atomic E-state index is 0.00668. The second-order valence-corrected chi connectivity index (χ2v) is 6.80. The van der Waals surface area contributed by atoms with E-state index in [-0.39, 0.29) is 5.91 Å². The number of amides is 1. The lowest BCUT2D eigenvalue weighted by molar-refractivity contribution is 0.0750. The molecule has 1 saturated heterocycles. The van der Waals surface area contributed by atoms with Gasteiger partial charge in [0, 0.05) is 44.7 Å². The molecule has 4 rings (SSSR count). The van der Waals surface area contributed by atoms with Gasteiger partial charge in [-0.25, -0.2) is 0 Å². The van der Waals surface area contributed by atoms with Gasteiger partial charge in [0.25, 0.3) is 5.91 Å². The van der Waals surface area contributed by atoms with Crippen LogP contribution in [0.2, 0.25) is 0 Å². The van der Waals surface area contributed by atoms with Crippen LogP contribution in [0.4, 0.5) is 0 Å². The van der Waals surface area contributed by atoms with Crippen LogP contribution >= 0.6 is 0 Å². The Balaban J connectivity index is 1.36. The fourth-order valence-electron chi connectivity index (χ4n) is 3.29. The molecular formula is C19H23N3O2. The molecule has 24 heavy (non-hydrogen) atoms. The highest BCUT2D eigenvalue weighted by atomic mass is 16.5.